The smallest absolute Gasteiger partial charge is 0.262 e. The van der Waals surface area contributed by atoms with Crippen molar-refractivity contribution >= 4 is 37.3 Å². The molecule has 1 heterocycles. The molecular weight excluding hydrogens is 566 g/mol. The van der Waals surface area contributed by atoms with Gasteiger partial charge in [-0.2, -0.15) is 0 Å². The molecule has 4 rings (SSSR count). The van der Waals surface area contributed by atoms with Crippen LogP contribution in [0.3, 0.4) is 0 Å². The Morgan fingerprint density at radius 3 is 2.37 bits per heavy atom. The summed E-state index contributed by atoms with van der Waals surface area (Å²) in [5.74, 6) is 0.0529. The summed E-state index contributed by atoms with van der Waals surface area (Å²) in [6.07, 6.45) is 2.34. The number of carbonyl (C=O) groups is 1. The molecule has 0 radical (unpaired) electrons. The van der Waals surface area contributed by atoms with E-state index < -0.39 is 26.0 Å². The number of hydrogen-bond donors (Lipinski definition) is 2. The number of nitrogens with zero attached hydrogens (tertiary/aromatic N) is 1. The highest BCUT2D eigenvalue weighted by Crippen LogP contribution is 2.31. The molecule has 0 aromatic heterocycles. The number of anilines is 2. The zero-order valence-electron chi connectivity index (χ0n) is 23.1. The number of sulfonamides is 2. The van der Waals surface area contributed by atoms with Gasteiger partial charge in [0.05, 0.1) is 36.5 Å². The minimum Gasteiger partial charge on any atom is -0.497 e. The predicted octanol–water partition coefficient (Wildman–Crippen LogP) is 4.12. The standard InChI is InChI=1S/C29H35N3O7S2/c1-38-25-14-17-27(28(20-25)39-2)31-41(36,37)26-15-12-24(13-16-26)30-29(33)23-11-6-18-32(21-23)40(34,35)19-7-10-22-8-4-3-5-9-22/h3-5,8-9,12-17,20,23,31H,6-7,10-11,18-19,21H2,1-2H3,(H,30,33)/t23-/m1/s1. The lowest BCUT2D eigenvalue weighted by molar-refractivity contribution is -0.120. The summed E-state index contributed by atoms with van der Waals surface area (Å²) in [6.45, 7) is 0.523. The van der Waals surface area contributed by atoms with Gasteiger partial charge in [0.15, 0.2) is 0 Å². The molecule has 1 aliphatic rings. The van der Waals surface area contributed by atoms with Gasteiger partial charge in [-0.3, -0.25) is 9.52 Å². The Hall–Kier alpha value is -3.61. The molecule has 0 spiro atoms. The first-order valence-corrected chi connectivity index (χ1v) is 16.4. The fraction of sp³-hybridized carbons (Fsp3) is 0.345. The van der Waals surface area contributed by atoms with Crippen molar-refractivity contribution in [3.05, 3.63) is 78.4 Å². The maximum absolute atomic E-state index is 13.0. The lowest BCUT2D eigenvalue weighted by atomic mass is 9.99. The first-order valence-electron chi connectivity index (χ1n) is 13.3. The van der Waals surface area contributed by atoms with Crippen LogP contribution in [0.1, 0.15) is 24.8 Å². The fourth-order valence-corrected chi connectivity index (χ4v) is 7.34. The number of carbonyl (C=O) groups excluding carboxylic acids is 1. The van der Waals surface area contributed by atoms with Crippen LogP contribution in [0, 0.1) is 5.92 Å². The number of methoxy groups -OCH3 is 2. The summed E-state index contributed by atoms with van der Waals surface area (Å²) < 4.78 is 66.1. The summed E-state index contributed by atoms with van der Waals surface area (Å²) in [5.41, 5.74) is 1.76. The minimum absolute atomic E-state index is 0.00110. The average Bonchev–Trinajstić information content (AvgIpc) is 2.98. The molecule has 220 valence electrons. The quantitative estimate of drug-likeness (QED) is 0.319. The molecule has 3 aromatic rings. The third-order valence-corrected chi connectivity index (χ3v) is 10.2. The van der Waals surface area contributed by atoms with Crippen LogP contribution in [0.5, 0.6) is 11.5 Å². The Morgan fingerprint density at radius 2 is 1.68 bits per heavy atom. The summed E-state index contributed by atoms with van der Waals surface area (Å²) in [6, 6.07) is 20.2. The lowest BCUT2D eigenvalue weighted by Gasteiger charge is -2.31. The van der Waals surface area contributed by atoms with Crippen molar-refractivity contribution in [2.24, 2.45) is 5.92 Å². The van der Waals surface area contributed by atoms with Crippen LogP contribution < -0.4 is 19.5 Å². The Balaban J connectivity index is 1.34. The molecular formula is C29H35N3O7S2. The van der Waals surface area contributed by atoms with E-state index in [0.717, 1.165) is 5.56 Å². The topological polar surface area (TPSA) is 131 Å². The van der Waals surface area contributed by atoms with E-state index in [4.69, 9.17) is 9.47 Å². The average molecular weight is 602 g/mol. The van der Waals surface area contributed by atoms with E-state index in [9.17, 15) is 21.6 Å². The normalized spacial score (nSPS) is 16.1. The van der Waals surface area contributed by atoms with Gasteiger partial charge in [-0.25, -0.2) is 21.1 Å². The van der Waals surface area contributed by atoms with Crippen LogP contribution in [0.4, 0.5) is 11.4 Å². The van der Waals surface area contributed by atoms with E-state index in [1.165, 1.54) is 42.8 Å². The van der Waals surface area contributed by atoms with Crippen LogP contribution in [0.2, 0.25) is 0 Å². The van der Waals surface area contributed by atoms with Gasteiger partial charge in [-0.15, -0.1) is 0 Å². The number of nitrogens with one attached hydrogen (secondary N) is 2. The molecule has 2 N–H and O–H groups in total. The summed E-state index contributed by atoms with van der Waals surface area (Å²) in [5, 5.41) is 2.80. The molecule has 1 atom stereocenters. The summed E-state index contributed by atoms with van der Waals surface area (Å²) in [7, 11) is -4.50. The maximum atomic E-state index is 13.0. The first-order chi connectivity index (χ1) is 19.6. The van der Waals surface area contributed by atoms with E-state index in [-0.39, 0.29) is 28.8 Å². The number of piperidine rings is 1. The van der Waals surface area contributed by atoms with Crippen molar-refractivity contribution in [1.29, 1.82) is 0 Å². The third kappa shape index (κ3) is 7.99. The van der Waals surface area contributed by atoms with E-state index in [1.807, 2.05) is 30.3 Å². The fourth-order valence-electron chi connectivity index (χ4n) is 4.69. The second kappa shape index (κ2) is 13.4. The molecule has 41 heavy (non-hydrogen) atoms. The van der Waals surface area contributed by atoms with Gasteiger partial charge in [0.1, 0.15) is 11.5 Å². The van der Waals surface area contributed by atoms with Crippen LogP contribution in [-0.4, -0.2) is 60.1 Å². The van der Waals surface area contributed by atoms with Gasteiger partial charge in [0.25, 0.3) is 10.0 Å². The molecule has 1 amide bonds. The van der Waals surface area contributed by atoms with E-state index in [2.05, 4.69) is 10.0 Å². The third-order valence-electron chi connectivity index (χ3n) is 6.94. The predicted molar refractivity (Wildman–Crippen MR) is 158 cm³/mol. The molecule has 12 heteroatoms. The zero-order chi connectivity index (χ0) is 29.5. The number of rotatable bonds is 12. The second-order valence-corrected chi connectivity index (χ2v) is 13.6. The molecule has 0 unspecified atom stereocenters. The lowest BCUT2D eigenvalue weighted by Crippen LogP contribution is -2.44. The molecule has 0 aliphatic carbocycles. The zero-order valence-corrected chi connectivity index (χ0v) is 24.7. The highest BCUT2D eigenvalue weighted by atomic mass is 32.2. The van der Waals surface area contributed by atoms with Crippen LogP contribution in [0.15, 0.2) is 77.7 Å². The van der Waals surface area contributed by atoms with E-state index in [0.29, 0.717) is 49.4 Å². The van der Waals surface area contributed by atoms with Crippen LogP contribution in [-0.2, 0) is 31.3 Å². The SMILES string of the molecule is COc1ccc(NS(=O)(=O)c2ccc(NC(=O)[C@@H]3CCCN(S(=O)(=O)CCCc4ccccc4)C3)cc2)c(OC)c1. The van der Waals surface area contributed by atoms with Crippen LogP contribution in [0.25, 0.3) is 0 Å². The Morgan fingerprint density at radius 1 is 0.951 bits per heavy atom. The largest absolute Gasteiger partial charge is 0.497 e. The first kappa shape index (κ1) is 30.4. The Bertz CT molecular complexity index is 1540. The molecule has 1 saturated heterocycles. The van der Waals surface area contributed by atoms with Crippen molar-refractivity contribution in [3.8, 4) is 11.5 Å². The van der Waals surface area contributed by atoms with E-state index in [1.54, 1.807) is 18.2 Å². The molecule has 0 saturated carbocycles. The van der Waals surface area contributed by atoms with Crippen LogP contribution >= 0.6 is 0 Å². The van der Waals surface area contributed by atoms with Gasteiger partial charge >= 0.3 is 0 Å². The van der Waals surface area contributed by atoms with Crippen molar-refractivity contribution < 1.29 is 31.1 Å². The van der Waals surface area contributed by atoms with Gasteiger partial charge in [-0.05, 0) is 67.6 Å². The van der Waals surface area contributed by atoms with Crippen molar-refractivity contribution in [3.63, 3.8) is 0 Å². The Labute approximate surface area is 241 Å². The highest BCUT2D eigenvalue weighted by Gasteiger charge is 2.32. The summed E-state index contributed by atoms with van der Waals surface area (Å²) >= 11 is 0. The van der Waals surface area contributed by atoms with Gasteiger partial charge in [0, 0.05) is 24.8 Å². The molecule has 1 aliphatic heterocycles. The minimum atomic E-state index is -3.94. The molecule has 3 aromatic carbocycles. The number of amides is 1. The molecule has 1 fully saturated rings. The Kier molecular flexibility index (Phi) is 9.90. The van der Waals surface area contributed by atoms with Gasteiger partial charge < -0.3 is 14.8 Å². The van der Waals surface area contributed by atoms with Gasteiger partial charge in [0.2, 0.25) is 15.9 Å². The maximum Gasteiger partial charge on any atom is 0.262 e. The number of benzene rings is 3. The highest BCUT2D eigenvalue weighted by molar-refractivity contribution is 7.92. The second-order valence-electron chi connectivity index (χ2n) is 9.79. The number of ether oxygens (including phenoxy) is 2. The van der Waals surface area contributed by atoms with Crippen molar-refractivity contribution in [2.75, 3.05) is 43.1 Å². The summed E-state index contributed by atoms with van der Waals surface area (Å²) in [4.78, 5) is 13.0. The number of hydrogen-bond acceptors (Lipinski definition) is 7. The number of aryl methyl sites for hydroxylation is 1. The monoisotopic (exact) mass is 601 g/mol. The molecule has 0 bridgehead atoms. The van der Waals surface area contributed by atoms with E-state index >= 15 is 0 Å². The van der Waals surface area contributed by atoms with Crippen molar-refractivity contribution in [2.45, 2.75) is 30.6 Å². The molecule has 10 nitrogen and oxygen atoms in total. The van der Waals surface area contributed by atoms with Crippen molar-refractivity contribution in [1.82, 2.24) is 4.31 Å². The van der Waals surface area contributed by atoms with Gasteiger partial charge in [-0.1, -0.05) is 30.3 Å².